The SMILES string of the molecule is Cc1nccn1Cc1ccc(C(=O)NCCOc2ccccc2C(C)C)cc1. The molecule has 1 N–H and O–H groups in total. The number of aromatic nitrogens is 2. The molecule has 1 heterocycles. The number of imidazole rings is 1. The fourth-order valence-corrected chi connectivity index (χ4v) is 3.05. The van der Waals surface area contributed by atoms with E-state index in [1.165, 1.54) is 5.56 Å². The molecule has 28 heavy (non-hydrogen) atoms. The maximum atomic E-state index is 12.3. The number of hydrogen-bond donors (Lipinski definition) is 1. The third-order valence-corrected chi connectivity index (χ3v) is 4.68. The zero-order valence-electron chi connectivity index (χ0n) is 16.7. The van der Waals surface area contributed by atoms with Crippen molar-refractivity contribution in [3.05, 3.63) is 83.4 Å². The third-order valence-electron chi connectivity index (χ3n) is 4.68. The molecular formula is C23H27N3O2. The number of carbonyl (C=O) groups is 1. The molecule has 0 fully saturated rings. The van der Waals surface area contributed by atoms with Crippen molar-refractivity contribution in [2.45, 2.75) is 33.2 Å². The van der Waals surface area contributed by atoms with Crippen LogP contribution in [0.25, 0.3) is 0 Å². The lowest BCUT2D eigenvalue weighted by molar-refractivity contribution is 0.0947. The monoisotopic (exact) mass is 377 g/mol. The molecule has 3 aromatic rings. The summed E-state index contributed by atoms with van der Waals surface area (Å²) >= 11 is 0. The van der Waals surface area contributed by atoms with Crippen molar-refractivity contribution in [2.24, 2.45) is 0 Å². The van der Waals surface area contributed by atoms with E-state index in [0.29, 0.717) is 24.6 Å². The number of para-hydroxylation sites is 1. The highest BCUT2D eigenvalue weighted by Gasteiger charge is 2.08. The summed E-state index contributed by atoms with van der Waals surface area (Å²) in [5.74, 6) is 2.16. The molecule has 3 rings (SSSR count). The molecule has 5 nitrogen and oxygen atoms in total. The standard InChI is InChI=1S/C23H27N3O2/c1-17(2)21-6-4-5-7-22(21)28-15-13-25-23(27)20-10-8-19(9-11-20)16-26-14-12-24-18(26)3/h4-12,14,17H,13,15-16H2,1-3H3,(H,25,27). The average molecular weight is 377 g/mol. The van der Waals surface area contributed by atoms with E-state index in [-0.39, 0.29) is 5.91 Å². The first-order valence-electron chi connectivity index (χ1n) is 9.61. The summed E-state index contributed by atoms with van der Waals surface area (Å²) in [6, 6.07) is 15.7. The molecule has 0 aliphatic carbocycles. The highest BCUT2D eigenvalue weighted by Crippen LogP contribution is 2.25. The molecule has 0 spiro atoms. The quantitative estimate of drug-likeness (QED) is 0.600. The van der Waals surface area contributed by atoms with Crippen LogP contribution in [0.2, 0.25) is 0 Å². The summed E-state index contributed by atoms with van der Waals surface area (Å²) in [5, 5.41) is 2.91. The zero-order valence-corrected chi connectivity index (χ0v) is 16.7. The van der Waals surface area contributed by atoms with E-state index in [0.717, 1.165) is 23.7 Å². The van der Waals surface area contributed by atoms with Crippen molar-refractivity contribution in [2.75, 3.05) is 13.2 Å². The maximum Gasteiger partial charge on any atom is 0.251 e. The molecule has 0 bridgehead atoms. The molecule has 0 atom stereocenters. The Morgan fingerprint density at radius 1 is 1.14 bits per heavy atom. The first-order valence-corrected chi connectivity index (χ1v) is 9.61. The Labute approximate surface area is 166 Å². The van der Waals surface area contributed by atoms with Gasteiger partial charge < -0.3 is 14.6 Å². The molecule has 1 amide bonds. The lowest BCUT2D eigenvalue weighted by atomic mass is 10.0. The van der Waals surface area contributed by atoms with Gasteiger partial charge in [0.05, 0.1) is 6.54 Å². The molecule has 2 aromatic carbocycles. The summed E-state index contributed by atoms with van der Waals surface area (Å²) in [7, 11) is 0. The summed E-state index contributed by atoms with van der Waals surface area (Å²) in [6.07, 6.45) is 3.74. The minimum atomic E-state index is -0.0916. The number of amides is 1. The predicted octanol–water partition coefficient (Wildman–Crippen LogP) is 4.17. The predicted molar refractivity (Wildman–Crippen MR) is 111 cm³/mol. The fraction of sp³-hybridized carbons (Fsp3) is 0.304. The van der Waals surface area contributed by atoms with Crippen LogP contribution in [-0.2, 0) is 6.54 Å². The van der Waals surface area contributed by atoms with Crippen LogP contribution in [0.3, 0.4) is 0 Å². The Bertz CT molecular complexity index is 914. The van der Waals surface area contributed by atoms with Crippen LogP contribution in [0.15, 0.2) is 60.9 Å². The van der Waals surface area contributed by atoms with Crippen LogP contribution < -0.4 is 10.1 Å². The van der Waals surface area contributed by atoms with E-state index < -0.39 is 0 Å². The number of benzene rings is 2. The van der Waals surface area contributed by atoms with E-state index in [9.17, 15) is 4.79 Å². The number of nitrogens with zero attached hydrogens (tertiary/aromatic N) is 2. The van der Waals surface area contributed by atoms with Crippen LogP contribution in [0, 0.1) is 6.92 Å². The van der Waals surface area contributed by atoms with Crippen molar-refractivity contribution in [1.82, 2.24) is 14.9 Å². The molecule has 5 heteroatoms. The Morgan fingerprint density at radius 3 is 2.57 bits per heavy atom. The summed E-state index contributed by atoms with van der Waals surface area (Å²) in [5.41, 5.74) is 2.96. The van der Waals surface area contributed by atoms with E-state index in [4.69, 9.17) is 4.74 Å². The first-order chi connectivity index (χ1) is 13.5. The van der Waals surface area contributed by atoms with Crippen molar-refractivity contribution in [3.8, 4) is 5.75 Å². The number of aryl methyl sites for hydroxylation is 1. The second kappa shape index (κ2) is 9.22. The van der Waals surface area contributed by atoms with Crippen molar-refractivity contribution in [3.63, 3.8) is 0 Å². The molecular weight excluding hydrogens is 350 g/mol. The second-order valence-corrected chi connectivity index (χ2v) is 7.10. The molecule has 0 aliphatic rings. The van der Waals surface area contributed by atoms with Crippen molar-refractivity contribution in [1.29, 1.82) is 0 Å². The first kappa shape index (κ1) is 19.7. The van der Waals surface area contributed by atoms with Gasteiger partial charge in [0.2, 0.25) is 0 Å². The highest BCUT2D eigenvalue weighted by atomic mass is 16.5. The largest absolute Gasteiger partial charge is 0.491 e. The summed E-state index contributed by atoms with van der Waals surface area (Å²) in [6.45, 7) is 7.90. The third kappa shape index (κ3) is 5.00. The van der Waals surface area contributed by atoms with Gasteiger partial charge in [0.15, 0.2) is 0 Å². The molecule has 1 aromatic heterocycles. The minimum absolute atomic E-state index is 0.0916. The second-order valence-electron chi connectivity index (χ2n) is 7.10. The zero-order chi connectivity index (χ0) is 19.9. The Balaban J connectivity index is 1.48. The van der Waals surface area contributed by atoms with Crippen LogP contribution in [-0.4, -0.2) is 28.6 Å². The van der Waals surface area contributed by atoms with Gasteiger partial charge in [-0.15, -0.1) is 0 Å². The van der Waals surface area contributed by atoms with Crippen LogP contribution in [0.1, 0.15) is 47.1 Å². The lowest BCUT2D eigenvalue weighted by Gasteiger charge is -2.14. The van der Waals surface area contributed by atoms with Gasteiger partial charge in [-0.05, 0) is 42.2 Å². The van der Waals surface area contributed by atoms with Crippen LogP contribution in [0.5, 0.6) is 5.75 Å². The fourth-order valence-electron chi connectivity index (χ4n) is 3.05. The number of nitrogens with one attached hydrogen (secondary N) is 1. The molecule has 0 unspecified atom stereocenters. The Morgan fingerprint density at radius 2 is 1.89 bits per heavy atom. The van der Waals surface area contributed by atoms with Gasteiger partial charge >= 0.3 is 0 Å². The van der Waals surface area contributed by atoms with Gasteiger partial charge in [0.25, 0.3) is 5.91 Å². The number of ether oxygens (including phenoxy) is 1. The molecule has 0 saturated carbocycles. The van der Waals surface area contributed by atoms with Crippen molar-refractivity contribution < 1.29 is 9.53 Å². The van der Waals surface area contributed by atoms with E-state index in [2.05, 4.69) is 34.8 Å². The van der Waals surface area contributed by atoms with Crippen LogP contribution in [0.4, 0.5) is 0 Å². The molecule has 0 aliphatic heterocycles. The van der Waals surface area contributed by atoms with Crippen LogP contribution >= 0.6 is 0 Å². The highest BCUT2D eigenvalue weighted by molar-refractivity contribution is 5.94. The van der Waals surface area contributed by atoms with Gasteiger partial charge in [-0.1, -0.05) is 44.2 Å². The van der Waals surface area contributed by atoms with Gasteiger partial charge in [-0.25, -0.2) is 4.98 Å². The molecule has 0 saturated heterocycles. The average Bonchev–Trinajstić information content (AvgIpc) is 3.10. The lowest BCUT2D eigenvalue weighted by Crippen LogP contribution is -2.28. The maximum absolute atomic E-state index is 12.3. The Kier molecular flexibility index (Phi) is 6.48. The van der Waals surface area contributed by atoms with E-state index >= 15 is 0 Å². The Hall–Kier alpha value is -3.08. The summed E-state index contributed by atoms with van der Waals surface area (Å²) < 4.78 is 7.92. The number of carbonyl (C=O) groups excluding carboxylic acids is 1. The van der Waals surface area contributed by atoms with Crippen molar-refractivity contribution >= 4 is 5.91 Å². The van der Waals surface area contributed by atoms with Gasteiger partial charge in [0, 0.05) is 24.5 Å². The molecule has 0 radical (unpaired) electrons. The topological polar surface area (TPSA) is 56.2 Å². The number of rotatable bonds is 8. The van der Waals surface area contributed by atoms with E-state index in [1.54, 1.807) is 6.20 Å². The smallest absolute Gasteiger partial charge is 0.251 e. The van der Waals surface area contributed by atoms with E-state index in [1.807, 2.05) is 55.6 Å². The number of hydrogen-bond acceptors (Lipinski definition) is 3. The summed E-state index contributed by atoms with van der Waals surface area (Å²) in [4.78, 5) is 16.6. The molecule has 146 valence electrons. The van der Waals surface area contributed by atoms with Gasteiger partial charge in [0.1, 0.15) is 18.2 Å². The normalized spacial score (nSPS) is 10.9. The van der Waals surface area contributed by atoms with Gasteiger partial charge in [-0.3, -0.25) is 4.79 Å². The van der Waals surface area contributed by atoms with Gasteiger partial charge in [-0.2, -0.15) is 0 Å². The minimum Gasteiger partial charge on any atom is -0.491 e.